The average molecular weight is 338 g/mol. The molecule has 1 aromatic carbocycles. The predicted octanol–water partition coefficient (Wildman–Crippen LogP) is 2.03. The second-order valence-corrected chi connectivity index (χ2v) is 5.69. The van der Waals surface area contributed by atoms with Gasteiger partial charge in [0.25, 0.3) is 0 Å². The van der Waals surface area contributed by atoms with Crippen molar-refractivity contribution in [1.29, 1.82) is 0 Å². The molecule has 2 aromatic heterocycles. The molecule has 0 unspecified atom stereocenters. The molecule has 0 atom stereocenters. The van der Waals surface area contributed by atoms with Crippen molar-refractivity contribution in [3.63, 3.8) is 0 Å². The third-order valence-corrected chi connectivity index (χ3v) is 3.97. The minimum Gasteiger partial charge on any atom is -0.495 e. The SMILES string of the molecule is COc1cc(-c2nc(N)nc3c2OCCN3)ccc1-n1cnc(C)c1. The number of benzene rings is 1. The highest BCUT2D eigenvalue weighted by molar-refractivity contribution is 5.76. The molecule has 0 saturated carbocycles. The van der Waals surface area contributed by atoms with Crippen LogP contribution in [0.1, 0.15) is 5.69 Å². The third kappa shape index (κ3) is 2.71. The number of anilines is 2. The molecule has 0 saturated heterocycles. The number of nitrogen functional groups attached to an aromatic ring is 1. The zero-order chi connectivity index (χ0) is 17.4. The highest BCUT2D eigenvalue weighted by atomic mass is 16.5. The van der Waals surface area contributed by atoms with Crippen LogP contribution in [0.15, 0.2) is 30.7 Å². The first kappa shape index (κ1) is 15.3. The second-order valence-electron chi connectivity index (χ2n) is 5.69. The van der Waals surface area contributed by atoms with Crippen LogP contribution in [0, 0.1) is 6.92 Å². The minimum absolute atomic E-state index is 0.194. The van der Waals surface area contributed by atoms with Gasteiger partial charge in [0.15, 0.2) is 11.6 Å². The van der Waals surface area contributed by atoms with Gasteiger partial charge in [0, 0.05) is 11.8 Å². The molecule has 128 valence electrons. The van der Waals surface area contributed by atoms with Gasteiger partial charge in [-0.1, -0.05) is 6.07 Å². The summed E-state index contributed by atoms with van der Waals surface area (Å²) in [4.78, 5) is 12.8. The highest BCUT2D eigenvalue weighted by Gasteiger charge is 2.21. The van der Waals surface area contributed by atoms with Crippen LogP contribution in [0.2, 0.25) is 0 Å². The fourth-order valence-corrected chi connectivity index (χ4v) is 2.83. The summed E-state index contributed by atoms with van der Waals surface area (Å²) in [5.74, 6) is 2.11. The summed E-state index contributed by atoms with van der Waals surface area (Å²) in [6, 6.07) is 5.81. The Bertz CT molecular complexity index is 937. The van der Waals surface area contributed by atoms with Crippen LogP contribution < -0.4 is 20.5 Å². The standard InChI is InChI=1S/C17H18N6O2/c1-10-8-23(9-20-10)12-4-3-11(7-13(12)24-2)14-15-16(19-5-6-25-15)22-17(18)21-14/h3-4,7-9H,5-6H2,1-2H3,(H3,18,19,21,22). The first-order valence-corrected chi connectivity index (χ1v) is 7.89. The Morgan fingerprint density at radius 1 is 1.32 bits per heavy atom. The summed E-state index contributed by atoms with van der Waals surface area (Å²) in [6.45, 7) is 3.18. The Labute approximate surface area is 144 Å². The number of hydrogen-bond acceptors (Lipinski definition) is 7. The van der Waals surface area contributed by atoms with Crippen LogP contribution in [-0.2, 0) is 0 Å². The van der Waals surface area contributed by atoms with Crippen molar-refractivity contribution in [2.75, 3.05) is 31.3 Å². The number of aryl methyl sites for hydroxylation is 1. The van der Waals surface area contributed by atoms with Crippen LogP contribution in [0.5, 0.6) is 11.5 Å². The Kier molecular flexibility index (Phi) is 3.64. The number of nitrogens with zero attached hydrogens (tertiary/aromatic N) is 4. The molecule has 1 aliphatic rings. The molecule has 0 radical (unpaired) electrons. The van der Waals surface area contributed by atoms with E-state index in [0.717, 1.165) is 16.9 Å². The van der Waals surface area contributed by atoms with Crippen LogP contribution in [0.25, 0.3) is 16.9 Å². The predicted molar refractivity (Wildman–Crippen MR) is 94.3 cm³/mol. The monoisotopic (exact) mass is 338 g/mol. The zero-order valence-corrected chi connectivity index (χ0v) is 14.0. The average Bonchev–Trinajstić information content (AvgIpc) is 3.06. The van der Waals surface area contributed by atoms with Crippen molar-refractivity contribution < 1.29 is 9.47 Å². The smallest absolute Gasteiger partial charge is 0.222 e. The van der Waals surface area contributed by atoms with Gasteiger partial charge in [-0.15, -0.1) is 0 Å². The molecule has 3 heterocycles. The van der Waals surface area contributed by atoms with E-state index >= 15 is 0 Å². The number of nitrogens with two attached hydrogens (primary N) is 1. The number of ether oxygens (including phenoxy) is 2. The second kappa shape index (κ2) is 5.97. The molecule has 8 heteroatoms. The lowest BCUT2D eigenvalue weighted by Crippen LogP contribution is -2.20. The molecule has 1 aliphatic heterocycles. The van der Waals surface area contributed by atoms with E-state index in [9.17, 15) is 0 Å². The maximum absolute atomic E-state index is 5.85. The maximum Gasteiger partial charge on any atom is 0.222 e. The summed E-state index contributed by atoms with van der Waals surface area (Å²) >= 11 is 0. The molecule has 8 nitrogen and oxygen atoms in total. The van der Waals surface area contributed by atoms with E-state index in [2.05, 4.69) is 20.3 Å². The van der Waals surface area contributed by atoms with Crippen molar-refractivity contribution in [3.8, 4) is 28.4 Å². The Balaban J connectivity index is 1.83. The molecule has 0 spiro atoms. The van der Waals surface area contributed by atoms with Gasteiger partial charge < -0.3 is 25.1 Å². The molecule has 0 aliphatic carbocycles. The fourth-order valence-electron chi connectivity index (χ4n) is 2.83. The van der Waals surface area contributed by atoms with Crippen LogP contribution in [0.4, 0.5) is 11.8 Å². The molecule has 0 fully saturated rings. The van der Waals surface area contributed by atoms with Crippen LogP contribution >= 0.6 is 0 Å². The van der Waals surface area contributed by atoms with E-state index in [1.54, 1.807) is 13.4 Å². The number of methoxy groups -OCH3 is 1. The first-order valence-electron chi connectivity index (χ1n) is 7.89. The van der Waals surface area contributed by atoms with E-state index in [4.69, 9.17) is 15.2 Å². The van der Waals surface area contributed by atoms with E-state index in [0.29, 0.717) is 36.2 Å². The first-order chi connectivity index (χ1) is 12.2. The van der Waals surface area contributed by atoms with E-state index in [1.807, 2.05) is 35.9 Å². The Hall–Kier alpha value is -3.29. The van der Waals surface area contributed by atoms with Crippen LogP contribution in [0.3, 0.4) is 0 Å². The Morgan fingerprint density at radius 3 is 2.96 bits per heavy atom. The number of hydrogen-bond donors (Lipinski definition) is 2. The largest absolute Gasteiger partial charge is 0.495 e. The number of aromatic nitrogens is 4. The molecule has 4 rings (SSSR count). The highest BCUT2D eigenvalue weighted by Crippen LogP contribution is 2.38. The molecule has 0 amide bonds. The van der Waals surface area contributed by atoms with Gasteiger partial charge in [0.05, 0.1) is 31.4 Å². The van der Waals surface area contributed by atoms with Gasteiger partial charge in [-0.05, 0) is 19.1 Å². The lowest BCUT2D eigenvalue weighted by atomic mass is 10.1. The molecule has 3 N–H and O–H groups in total. The molecule has 25 heavy (non-hydrogen) atoms. The molecule has 3 aromatic rings. The summed E-state index contributed by atoms with van der Waals surface area (Å²) in [5.41, 5.74) is 9.16. The van der Waals surface area contributed by atoms with Gasteiger partial charge in [0.2, 0.25) is 5.95 Å². The van der Waals surface area contributed by atoms with Crippen molar-refractivity contribution >= 4 is 11.8 Å². The lowest BCUT2D eigenvalue weighted by molar-refractivity contribution is 0.321. The van der Waals surface area contributed by atoms with Crippen molar-refractivity contribution in [2.24, 2.45) is 0 Å². The lowest BCUT2D eigenvalue weighted by Gasteiger charge is -2.21. The van der Waals surface area contributed by atoms with Gasteiger partial charge >= 0.3 is 0 Å². The summed E-state index contributed by atoms with van der Waals surface area (Å²) in [7, 11) is 1.63. The number of nitrogens with one attached hydrogen (secondary N) is 1. The van der Waals surface area contributed by atoms with Gasteiger partial charge in [0.1, 0.15) is 18.1 Å². The fraction of sp³-hybridized carbons (Fsp3) is 0.235. The number of fused-ring (bicyclic) bond motifs is 1. The van der Waals surface area contributed by atoms with Gasteiger partial charge in [-0.3, -0.25) is 0 Å². The van der Waals surface area contributed by atoms with Gasteiger partial charge in [-0.2, -0.15) is 4.98 Å². The van der Waals surface area contributed by atoms with Crippen molar-refractivity contribution in [2.45, 2.75) is 6.92 Å². The topological polar surface area (TPSA) is 100 Å². The van der Waals surface area contributed by atoms with E-state index in [1.165, 1.54) is 0 Å². The maximum atomic E-state index is 5.85. The summed E-state index contributed by atoms with van der Waals surface area (Å²) in [6.07, 6.45) is 3.69. The minimum atomic E-state index is 0.194. The number of imidazole rings is 1. The zero-order valence-electron chi connectivity index (χ0n) is 14.0. The van der Waals surface area contributed by atoms with E-state index in [-0.39, 0.29) is 5.95 Å². The van der Waals surface area contributed by atoms with Crippen molar-refractivity contribution in [3.05, 3.63) is 36.4 Å². The Morgan fingerprint density at radius 2 is 2.20 bits per heavy atom. The summed E-state index contributed by atoms with van der Waals surface area (Å²) in [5, 5.41) is 3.18. The molecular weight excluding hydrogens is 320 g/mol. The van der Waals surface area contributed by atoms with E-state index < -0.39 is 0 Å². The number of rotatable bonds is 3. The van der Waals surface area contributed by atoms with Crippen LogP contribution in [-0.4, -0.2) is 39.8 Å². The molecule has 0 bridgehead atoms. The molecular formula is C17H18N6O2. The van der Waals surface area contributed by atoms with Gasteiger partial charge in [-0.25, -0.2) is 9.97 Å². The quantitative estimate of drug-likeness (QED) is 0.753. The normalized spacial score (nSPS) is 12.9. The summed E-state index contributed by atoms with van der Waals surface area (Å²) < 4.78 is 13.2. The third-order valence-electron chi connectivity index (χ3n) is 3.97. The van der Waals surface area contributed by atoms with Crippen molar-refractivity contribution in [1.82, 2.24) is 19.5 Å².